The summed E-state index contributed by atoms with van der Waals surface area (Å²) in [4.78, 5) is 0. The van der Waals surface area contributed by atoms with Crippen LogP contribution < -0.4 is 5.32 Å². The maximum atomic E-state index is 9.14. The van der Waals surface area contributed by atoms with Crippen LogP contribution in [0, 0.1) is 0 Å². The first-order chi connectivity index (χ1) is 7.17. The molecular weight excluding hydrogens is 277 g/mol. The van der Waals surface area contributed by atoms with Crippen molar-refractivity contribution in [2.75, 3.05) is 11.9 Å². The number of nitrogens with one attached hydrogen (secondary N) is 1. The number of aliphatic hydroxyl groups is 1. The second kappa shape index (κ2) is 6.36. The van der Waals surface area contributed by atoms with Crippen LogP contribution in [0.25, 0.3) is 0 Å². The van der Waals surface area contributed by atoms with Gasteiger partial charge in [-0.25, -0.2) is 0 Å². The fourth-order valence-electron chi connectivity index (χ4n) is 1.38. The van der Waals surface area contributed by atoms with Crippen molar-refractivity contribution in [2.45, 2.75) is 25.8 Å². The number of anilines is 1. The summed E-state index contributed by atoms with van der Waals surface area (Å²) >= 11 is 9.25. The Kier molecular flexibility index (Phi) is 5.43. The molecule has 1 aromatic rings. The molecule has 0 aliphatic carbocycles. The van der Waals surface area contributed by atoms with Gasteiger partial charge in [-0.2, -0.15) is 0 Å². The second-order valence-corrected chi connectivity index (χ2v) is 4.70. The molecule has 1 atom stereocenters. The van der Waals surface area contributed by atoms with Gasteiger partial charge in [0.2, 0.25) is 0 Å². The van der Waals surface area contributed by atoms with Gasteiger partial charge in [-0.3, -0.25) is 0 Å². The normalized spacial score (nSPS) is 12.5. The van der Waals surface area contributed by atoms with Gasteiger partial charge in [0.15, 0.2) is 0 Å². The van der Waals surface area contributed by atoms with Crippen LogP contribution in [0.15, 0.2) is 22.7 Å². The van der Waals surface area contributed by atoms with Gasteiger partial charge in [0.25, 0.3) is 0 Å². The predicted octanol–water partition coefficient (Wildman–Crippen LogP) is 3.68. The first-order valence-electron chi connectivity index (χ1n) is 4.99. The number of benzene rings is 1. The molecule has 0 spiro atoms. The Morgan fingerprint density at radius 2 is 2.27 bits per heavy atom. The topological polar surface area (TPSA) is 32.3 Å². The molecule has 0 saturated heterocycles. The average Bonchev–Trinajstić information content (AvgIpc) is 2.23. The highest BCUT2D eigenvalue weighted by Crippen LogP contribution is 2.26. The minimum Gasteiger partial charge on any atom is -0.394 e. The fraction of sp³-hybridized carbons (Fsp3) is 0.455. The van der Waals surface area contributed by atoms with Crippen molar-refractivity contribution in [2.24, 2.45) is 0 Å². The molecule has 0 heterocycles. The molecule has 2 N–H and O–H groups in total. The summed E-state index contributed by atoms with van der Waals surface area (Å²) in [6, 6.07) is 5.77. The van der Waals surface area contributed by atoms with Gasteiger partial charge in [0.05, 0.1) is 11.6 Å². The molecule has 0 amide bonds. The van der Waals surface area contributed by atoms with Crippen molar-refractivity contribution in [3.63, 3.8) is 0 Å². The number of halogens is 2. The highest BCUT2D eigenvalue weighted by Gasteiger charge is 2.06. The van der Waals surface area contributed by atoms with E-state index in [1.807, 2.05) is 18.2 Å². The van der Waals surface area contributed by atoms with Crippen LogP contribution in [0.3, 0.4) is 0 Å². The quantitative estimate of drug-likeness (QED) is 0.868. The molecule has 0 aromatic heterocycles. The summed E-state index contributed by atoms with van der Waals surface area (Å²) in [6.07, 6.45) is 2.00. The number of hydrogen-bond acceptors (Lipinski definition) is 2. The highest BCUT2D eigenvalue weighted by atomic mass is 79.9. The largest absolute Gasteiger partial charge is 0.394 e. The molecule has 84 valence electrons. The summed E-state index contributed by atoms with van der Waals surface area (Å²) in [7, 11) is 0. The van der Waals surface area contributed by atoms with Crippen molar-refractivity contribution >= 4 is 33.2 Å². The van der Waals surface area contributed by atoms with Crippen molar-refractivity contribution in [1.29, 1.82) is 0 Å². The van der Waals surface area contributed by atoms with E-state index in [0.717, 1.165) is 23.0 Å². The Balaban J connectivity index is 2.66. The Bertz CT molecular complexity index is 319. The van der Waals surface area contributed by atoms with E-state index in [-0.39, 0.29) is 12.6 Å². The molecule has 0 radical (unpaired) electrons. The molecule has 1 aromatic carbocycles. The molecule has 0 aliphatic rings. The lowest BCUT2D eigenvalue weighted by Gasteiger charge is -2.17. The molecule has 0 aliphatic heterocycles. The van der Waals surface area contributed by atoms with Crippen LogP contribution in [0.2, 0.25) is 5.02 Å². The Labute approximate surface area is 104 Å². The van der Waals surface area contributed by atoms with Gasteiger partial charge in [-0.1, -0.05) is 24.9 Å². The van der Waals surface area contributed by atoms with E-state index in [1.54, 1.807) is 0 Å². The second-order valence-electron chi connectivity index (χ2n) is 3.44. The summed E-state index contributed by atoms with van der Waals surface area (Å²) in [5, 5.41) is 13.1. The van der Waals surface area contributed by atoms with Gasteiger partial charge in [0, 0.05) is 16.2 Å². The lowest BCUT2D eigenvalue weighted by atomic mass is 10.1. The SMILES string of the molecule is CCCC(CO)Nc1ccc(Cl)c(Br)c1. The predicted molar refractivity (Wildman–Crippen MR) is 68.6 cm³/mol. The third-order valence-corrected chi connectivity index (χ3v) is 3.36. The summed E-state index contributed by atoms with van der Waals surface area (Å²) in [6.45, 7) is 2.25. The third-order valence-electron chi connectivity index (χ3n) is 2.15. The lowest BCUT2D eigenvalue weighted by Crippen LogP contribution is -2.23. The van der Waals surface area contributed by atoms with Crippen molar-refractivity contribution in [1.82, 2.24) is 0 Å². The van der Waals surface area contributed by atoms with Gasteiger partial charge in [-0.15, -0.1) is 0 Å². The summed E-state index contributed by atoms with van der Waals surface area (Å²) < 4.78 is 0.863. The highest BCUT2D eigenvalue weighted by molar-refractivity contribution is 9.10. The third kappa shape index (κ3) is 4.01. The van der Waals surface area contributed by atoms with Crippen LogP contribution in [0.1, 0.15) is 19.8 Å². The average molecular weight is 293 g/mol. The molecule has 1 rings (SSSR count). The van der Waals surface area contributed by atoms with E-state index in [1.165, 1.54) is 0 Å². The first kappa shape index (κ1) is 12.8. The maximum absolute atomic E-state index is 9.14. The molecule has 4 heteroatoms. The standard InChI is InChI=1S/C11H15BrClNO/c1-2-3-9(7-15)14-8-4-5-11(13)10(12)6-8/h4-6,9,14-15H,2-3,7H2,1H3. The maximum Gasteiger partial charge on any atom is 0.0632 e. The molecule has 15 heavy (non-hydrogen) atoms. The van der Waals surface area contributed by atoms with Gasteiger partial charge < -0.3 is 10.4 Å². The van der Waals surface area contributed by atoms with Crippen molar-refractivity contribution in [3.8, 4) is 0 Å². The minimum atomic E-state index is 0.114. The minimum absolute atomic E-state index is 0.114. The number of rotatable bonds is 5. The Morgan fingerprint density at radius 3 is 2.80 bits per heavy atom. The molecule has 2 nitrogen and oxygen atoms in total. The first-order valence-corrected chi connectivity index (χ1v) is 6.17. The van der Waals surface area contributed by atoms with E-state index < -0.39 is 0 Å². The lowest BCUT2D eigenvalue weighted by molar-refractivity contribution is 0.268. The molecule has 0 fully saturated rings. The molecular formula is C11H15BrClNO. The van der Waals surface area contributed by atoms with E-state index >= 15 is 0 Å². The monoisotopic (exact) mass is 291 g/mol. The zero-order valence-corrected chi connectivity index (χ0v) is 11.0. The van der Waals surface area contributed by atoms with Crippen LogP contribution >= 0.6 is 27.5 Å². The zero-order chi connectivity index (χ0) is 11.3. The van der Waals surface area contributed by atoms with Crippen LogP contribution in [0.4, 0.5) is 5.69 Å². The molecule has 0 bridgehead atoms. The van der Waals surface area contributed by atoms with E-state index in [0.29, 0.717) is 5.02 Å². The van der Waals surface area contributed by atoms with Crippen molar-refractivity contribution < 1.29 is 5.11 Å². The smallest absolute Gasteiger partial charge is 0.0632 e. The van der Waals surface area contributed by atoms with E-state index in [9.17, 15) is 0 Å². The van der Waals surface area contributed by atoms with Gasteiger partial charge >= 0.3 is 0 Å². The van der Waals surface area contributed by atoms with Gasteiger partial charge in [0.1, 0.15) is 0 Å². The summed E-state index contributed by atoms with van der Waals surface area (Å²) in [5.74, 6) is 0. The zero-order valence-electron chi connectivity index (χ0n) is 8.63. The van der Waals surface area contributed by atoms with Crippen LogP contribution in [0.5, 0.6) is 0 Å². The Morgan fingerprint density at radius 1 is 1.53 bits per heavy atom. The Hall–Kier alpha value is -0.250. The molecule has 0 saturated carbocycles. The van der Waals surface area contributed by atoms with E-state index in [2.05, 4.69) is 28.2 Å². The summed E-state index contributed by atoms with van der Waals surface area (Å²) in [5.41, 5.74) is 0.971. The number of aliphatic hydroxyl groups excluding tert-OH is 1. The number of hydrogen-bond donors (Lipinski definition) is 2. The molecule has 1 unspecified atom stereocenters. The van der Waals surface area contributed by atoms with Crippen molar-refractivity contribution in [3.05, 3.63) is 27.7 Å². The van der Waals surface area contributed by atoms with Crippen LogP contribution in [-0.4, -0.2) is 17.8 Å². The van der Waals surface area contributed by atoms with E-state index in [4.69, 9.17) is 16.7 Å². The van der Waals surface area contributed by atoms with Crippen LogP contribution in [-0.2, 0) is 0 Å². The van der Waals surface area contributed by atoms with Gasteiger partial charge in [-0.05, 0) is 40.5 Å². The fourth-order valence-corrected chi connectivity index (χ4v) is 1.88.